The molecule has 1 saturated carbocycles. The molecule has 0 spiro atoms. The first kappa shape index (κ1) is 10.4. The number of fused-ring (bicyclic) bond motifs is 2. The van der Waals surface area contributed by atoms with Gasteiger partial charge in [0.2, 0.25) is 0 Å². The third-order valence-corrected chi connectivity index (χ3v) is 3.54. The van der Waals surface area contributed by atoms with Gasteiger partial charge in [0.15, 0.2) is 0 Å². The molecule has 0 aromatic carbocycles. The molecule has 3 rings (SSSR count). The molecule has 0 aromatic rings. The van der Waals surface area contributed by atoms with E-state index in [-0.39, 0.29) is 23.8 Å². The number of amides is 1. The summed E-state index contributed by atoms with van der Waals surface area (Å²) in [6, 6.07) is 0.541. The van der Waals surface area contributed by atoms with Crippen LogP contribution in [0.15, 0.2) is 0 Å². The topological polar surface area (TPSA) is 50.8 Å². The van der Waals surface area contributed by atoms with Crippen LogP contribution in [0.3, 0.4) is 0 Å². The maximum absolute atomic E-state index is 11.9. The molecule has 5 nitrogen and oxygen atoms in total. The molecule has 2 bridgehead atoms. The van der Waals surface area contributed by atoms with E-state index in [1.807, 2.05) is 11.8 Å². The van der Waals surface area contributed by atoms with Crippen LogP contribution < -0.4 is 5.32 Å². The number of nitrogens with one attached hydrogen (secondary N) is 1. The second-order valence-electron chi connectivity index (χ2n) is 5.32. The summed E-state index contributed by atoms with van der Waals surface area (Å²) >= 11 is 0. The molecule has 2 unspecified atom stereocenters. The summed E-state index contributed by atoms with van der Waals surface area (Å²) in [4.78, 5) is 13.7. The molecule has 2 heterocycles. The predicted octanol–water partition coefficient (Wildman–Crippen LogP) is 0.348. The molecule has 16 heavy (non-hydrogen) atoms. The average Bonchev–Trinajstić information content (AvgIpc) is 2.95. The van der Waals surface area contributed by atoms with Crippen molar-refractivity contribution in [3.8, 4) is 0 Å². The van der Waals surface area contributed by atoms with Crippen molar-refractivity contribution >= 4 is 6.09 Å². The zero-order chi connectivity index (χ0) is 11.2. The quantitative estimate of drug-likeness (QED) is 0.701. The van der Waals surface area contributed by atoms with Crippen LogP contribution in [0.2, 0.25) is 0 Å². The number of rotatable bonds is 1. The van der Waals surface area contributed by atoms with E-state index < -0.39 is 0 Å². The molecule has 1 amide bonds. The molecular weight excluding hydrogens is 208 g/mol. The van der Waals surface area contributed by atoms with Crippen molar-refractivity contribution in [2.75, 3.05) is 26.3 Å². The minimum Gasteiger partial charge on any atom is -0.443 e. The lowest BCUT2D eigenvalue weighted by Crippen LogP contribution is -2.63. The maximum Gasteiger partial charge on any atom is 0.410 e. The molecule has 0 radical (unpaired) electrons. The van der Waals surface area contributed by atoms with Crippen LogP contribution in [0, 0.1) is 0 Å². The normalized spacial score (nSPS) is 35.7. The number of hydrogen-bond donors (Lipinski definition) is 1. The molecule has 90 valence electrons. The number of ether oxygens (including phenoxy) is 2. The van der Waals surface area contributed by atoms with Gasteiger partial charge in [-0.05, 0) is 19.8 Å². The van der Waals surface area contributed by atoms with Crippen LogP contribution in [0.25, 0.3) is 0 Å². The van der Waals surface area contributed by atoms with E-state index in [9.17, 15) is 4.79 Å². The van der Waals surface area contributed by atoms with Crippen LogP contribution in [0.1, 0.15) is 19.8 Å². The monoisotopic (exact) mass is 226 g/mol. The highest BCUT2D eigenvalue weighted by atomic mass is 16.6. The van der Waals surface area contributed by atoms with Crippen LogP contribution in [0.4, 0.5) is 4.79 Å². The highest BCUT2D eigenvalue weighted by Crippen LogP contribution is 2.39. The standard InChI is InChI=1S/C11H18N2O3/c1-11(2-3-11)16-10(14)13-4-8-6-15-7-9(5-13)12-8/h8-9,12H,2-7H2,1H3. The van der Waals surface area contributed by atoms with Gasteiger partial charge >= 0.3 is 6.09 Å². The zero-order valence-electron chi connectivity index (χ0n) is 9.57. The first-order chi connectivity index (χ1) is 7.65. The summed E-state index contributed by atoms with van der Waals surface area (Å²) in [5.41, 5.74) is -0.173. The molecule has 1 N–H and O–H groups in total. The Bertz CT molecular complexity index is 292. The fourth-order valence-corrected chi connectivity index (χ4v) is 2.30. The average molecular weight is 226 g/mol. The Balaban J connectivity index is 1.59. The molecule has 5 heteroatoms. The Morgan fingerprint density at radius 1 is 1.38 bits per heavy atom. The van der Waals surface area contributed by atoms with Gasteiger partial charge in [-0.15, -0.1) is 0 Å². The Kier molecular flexibility index (Phi) is 2.33. The van der Waals surface area contributed by atoms with Gasteiger partial charge in [-0.25, -0.2) is 4.79 Å². The summed E-state index contributed by atoms with van der Waals surface area (Å²) in [6.45, 7) is 4.78. The Morgan fingerprint density at radius 3 is 2.56 bits per heavy atom. The van der Waals surface area contributed by atoms with Gasteiger partial charge < -0.3 is 19.7 Å². The first-order valence-electron chi connectivity index (χ1n) is 5.96. The molecule has 2 aliphatic heterocycles. The molecular formula is C11H18N2O3. The summed E-state index contributed by atoms with van der Waals surface area (Å²) in [6.07, 6.45) is 1.85. The van der Waals surface area contributed by atoms with E-state index in [1.165, 1.54) is 0 Å². The van der Waals surface area contributed by atoms with Gasteiger partial charge in [0.25, 0.3) is 0 Å². The second-order valence-corrected chi connectivity index (χ2v) is 5.32. The van der Waals surface area contributed by atoms with Crippen LogP contribution >= 0.6 is 0 Å². The highest BCUT2D eigenvalue weighted by molar-refractivity contribution is 5.68. The van der Waals surface area contributed by atoms with E-state index in [4.69, 9.17) is 9.47 Å². The largest absolute Gasteiger partial charge is 0.443 e. The Hall–Kier alpha value is -0.810. The van der Waals surface area contributed by atoms with Gasteiger partial charge in [0, 0.05) is 25.2 Å². The van der Waals surface area contributed by atoms with E-state index in [1.54, 1.807) is 0 Å². The molecule has 1 aliphatic carbocycles. The summed E-state index contributed by atoms with van der Waals surface area (Å²) in [5.74, 6) is 0. The SMILES string of the molecule is CC1(OC(=O)N2CC3COCC(C2)N3)CC1. The summed E-state index contributed by atoms with van der Waals surface area (Å²) < 4.78 is 10.9. The van der Waals surface area contributed by atoms with E-state index >= 15 is 0 Å². The second kappa shape index (κ2) is 3.60. The van der Waals surface area contributed by atoms with E-state index in [2.05, 4.69) is 5.32 Å². The van der Waals surface area contributed by atoms with Gasteiger partial charge in [-0.1, -0.05) is 0 Å². The van der Waals surface area contributed by atoms with Gasteiger partial charge in [-0.2, -0.15) is 0 Å². The van der Waals surface area contributed by atoms with Crippen molar-refractivity contribution in [2.24, 2.45) is 0 Å². The number of nitrogens with zero attached hydrogens (tertiary/aromatic N) is 1. The summed E-state index contributed by atoms with van der Waals surface area (Å²) in [7, 11) is 0. The highest BCUT2D eigenvalue weighted by Gasteiger charge is 2.43. The van der Waals surface area contributed by atoms with E-state index in [0.717, 1.165) is 12.8 Å². The molecule has 2 atom stereocenters. The zero-order valence-corrected chi connectivity index (χ0v) is 9.57. The lowest BCUT2D eigenvalue weighted by molar-refractivity contribution is -0.0149. The minimum atomic E-state index is -0.173. The van der Waals surface area contributed by atoms with Gasteiger partial charge in [0.05, 0.1) is 13.2 Å². The lowest BCUT2D eigenvalue weighted by Gasteiger charge is -2.41. The van der Waals surface area contributed by atoms with Gasteiger partial charge in [0.1, 0.15) is 5.60 Å². The van der Waals surface area contributed by atoms with Crippen molar-refractivity contribution in [2.45, 2.75) is 37.5 Å². The minimum absolute atomic E-state index is 0.154. The van der Waals surface area contributed by atoms with Crippen molar-refractivity contribution in [1.29, 1.82) is 0 Å². The van der Waals surface area contributed by atoms with Crippen molar-refractivity contribution < 1.29 is 14.3 Å². The predicted molar refractivity (Wildman–Crippen MR) is 57.2 cm³/mol. The van der Waals surface area contributed by atoms with Crippen molar-refractivity contribution in [3.05, 3.63) is 0 Å². The first-order valence-corrected chi connectivity index (χ1v) is 5.96. The fourth-order valence-electron chi connectivity index (χ4n) is 2.30. The van der Waals surface area contributed by atoms with Crippen LogP contribution in [-0.2, 0) is 9.47 Å². The number of morpholine rings is 1. The summed E-state index contributed by atoms with van der Waals surface area (Å²) in [5, 5.41) is 3.44. The van der Waals surface area contributed by atoms with Crippen LogP contribution in [0.5, 0.6) is 0 Å². The third kappa shape index (κ3) is 2.01. The lowest BCUT2D eigenvalue weighted by atomic mass is 10.1. The Morgan fingerprint density at radius 2 is 2.00 bits per heavy atom. The van der Waals surface area contributed by atoms with E-state index in [0.29, 0.717) is 26.3 Å². The number of carbonyl (C=O) groups excluding carboxylic acids is 1. The third-order valence-electron chi connectivity index (χ3n) is 3.54. The van der Waals surface area contributed by atoms with Gasteiger partial charge in [-0.3, -0.25) is 0 Å². The van der Waals surface area contributed by atoms with Crippen molar-refractivity contribution in [3.63, 3.8) is 0 Å². The molecule has 2 saturated heterocycles. The van der Waals surface area contributed by atoms with Crippen LogP contribution in [-0.4, -0.2) is 55.0 Å². The smallest absolute Gasteiger partial charge is 0.410 e. The Labute approximate surface area is 95.1 Å². The number of piperazine rings is 1. The van der Waals surface area contributed by atoms with Crippen molar-refractivity contribution in [1.82, 2.24) is 10.2 Å². The molecule has 3 aliphatic rings. The maximum atomic E-state index is 11.9. The number of carbonyl (C=O) groups is 1. The number of hydrogen-bond acceptors (Lipinski definition) is 4. The molecule has 0 aromatic heterocycles. The molecule has 3 fully saturated rings. The fraction of sp³-hybridized carbons (Fsp3) is 0.909.